The van der Waals surface area contributed by atoms with E-state index >= 15 is 0 Å². The van der Waals surface area contributed by atoms with E-state index < -0.39 is 6.10 Å². The van der Waals surface area contributed by atoms with Crippen molar-refractivity contribution < 1.29 is 9.53 Å². The van der Waals surface area contributed by atoms with Gasteiger partial charge in [0.15, 0.2) is 0 Å². The number of carbonyl (C=O) groups is 1. The molecule has 1 atom stereocenters. The van der Waals surface area contributed by atoms with Gasteiger partial charge in [0.05, 0.1) is 0 Å². The minimum atomic E-state index is -0.573. The highest BCUT2D eigenvalue weighted by atomic mass is 16.5. The molecule has 0 aliphatic heterocycles. The van der Waals surface area contributed by atoms with Gasteiger partial charge in [-0.1, -0.05) is 30.3 Å². The van der Waals surface area contributed by atoms with Gasteiger partial charge in [-0.05, 0) is 32.3 Å². The fourth-order valence-electron chi connectivity index (χ4n) is 1.89. The summed E-state index contributed by atoms with van der Waals surface area (Å²) in [7, 11) is 1.49. The first kappa shape index (κ1) is 15.7. The van der Waals surface area contributed by atoms with Crippen LogP contribution in [0, 0.1) is 0 Å². The maximum Gasteiger partial charge on any atom is 0.250 e. The summed E-state index contributed by atoms with van der Waals surface area (Å²) in [5.74, 6) is -0.150. The van der Waals surface area contributed by atoms with E-state index in [0.29, 0.717) is 0 Å². The molecule has 0 aliphatic rings. The standard InChI is InChI=1S/C15H24N2O2/c1-15(2,17-14(18)13(11-16)19-3)10-9-12-7-5-4-6-8-12/h4-8,13H,9-11,16H2,1-3H3,(H,17,18). The average molecular weight is 264 g/mol. The quantitative estimate of drug-likeness (QED) is 0.784. The number of methoxy groups -OCH3 is 1. The Balaban J connectivity index is 2.49. The first-order valence-corrected chi connectivity index (χ1v) is 6.57. The molecule has 0 saturated heterocycles. The molecule has 1 aromatic carbocycles. The van der Waals surface area contributed by atoms with Crippen molar-refractivity contribution in [3.05, 3.63) is 35.9 Å². The number of aryl methyl sites for hydroxylation is 1. The summed E-state index contributed by atoms with van der Waals surface area (Å²) in [5, 5.41) is 2.98. The van der Waals surface area contributed by atoms with Crippen molar-refractivity contribution in [1.29, 1.82) is 0 Å². The zero-order valence-corrected chi connectivity index (χ0v) is 12.0. The Morgan fingerprint density at radius 2 is 2.00 bits per heavy atom. The third-order valence-corrected chi connectivity index (χ3v) is 3.13. The Bertz CT molecular complexity index is 386. The molecule has 4 heteroatoms. The molecule has 0 aromatic heterocycles. The fourth-order valence-corrected chi connectivity index (χ4v) is 1.89. The topological polar surface area (TPSA) is 64.3 Å². The van der Waals surface area contributed by atoms with Gasteiger partial charge in [-0.25, -0.2) is 0 Å². The number of hydrogen-bond acceptors (Lipinski definition) is 3. The predicted octanol–water partition coefficient (Wildman–Crippen LogP) is 1.49. The highest BCUT2D eigenvalue weighted by Gasteiger charge is 2.24. The van der Waals surface area contributed by atoms with Crippen molar-refractivity contribution in [2.45, 2.75) is 38.3 Å². The lowest BCUT2D eigenvalue weighted by Gasteiger charge is -2.28. The molecule has 0 fully saturated rings. The first-order chi connectivity index (χ1) is 8.98. The maximum absolute atomic E-state index is 11.9. The van der Waals surface area contributed by atoms with Crippen molar-refractivity contribution in [2.75, 3.05) is 13.7 Å². The van der Waals surface area contributed by atoms with Gasteiger partial charge in [-0.3, -0.25) is 4.79 Å². The predicted molar refractivity (Wildman–Crippen MR) is 76.8 cm³/mol. The van der Waals surface area contributed by atoms with Gasteiger partial charge in [-0.15, -0.1) is 0 Å². The lowest BCUT2D eigenvalue weighted by Crippen LogP contribution is -2.50. The molecule has 1 unspecified atom stereocenters. The molecule has 1 rings (SSSR count). The number of ether oxygens (including phenoxy) is 1. The second-order valence-corrected chi connectivity index (χ2v) is 5.32. The minimum absolute atomic E-state index is 0.150. The molecule has 0 heterocycles. The van der Waals surface area contributed by atoms with Crippen molar-refractivity contribution in [3.8, 4) is 0 Å². The highest BCUT2D eigenvalue weighted by molar-refractivity contribution is 5.81. The van der Waals surface area contributed by atoms with E-state index in [1.165, 1.54) is 12.7 Å². The Labute approximate surface area is 115 Å². The van der Waals surface area contributed by atoms with Gasteiger partial charge < -0.3 is 15.8 Å². The van der Waals surface area contributed by atoms with E-state index in [9.17, 15) is 4.79 Å². The van der Waals surface area contributed by atoms with E-state index in [1.54, 1.807) is 0 Å². The van der Waals surface area contributed by atoms with Gasteiger partial charge in [-0.2, -0.15) is 0 Å². The number of nitrogens with one attached hydrogen (secondary N) is 1. The molecule has 1 aromatic rings. The number of rotatable bonds is 7. The van der Waals surface area contributed by atoms with Crippen LogP contribution in [0.4, 0.5) is 0 Å². The van der Waals surface area contributed by atoms with Crippen LogP contribution < -0.4 is 11.1 Å². The van der Waals surface area contributed by atoms with E-state index in [1.807, 2.05) is 32.0 Å². The molecule has 0 spiro atoms. The van der Waals surface area contributed by atoms with Crippen LogP contribution in [0.25, 0.3) is 0 Å². The summed E-state index contributed by atoms with van der Waals surface area (Å²) in [5.41, 5.74) is 6.47. The Morgan fingerprint density at radius 3 is 2.53 bits per heavy atom. The third kappa shape index (κ3) is 5.41. The number of benzene rings is 1. The second-order valence-electron chi connectivity index (χ2n) is 5.32. The van der Waals surface area contributed by atoms with Gasteiger partial charge in [0.25, 0.3) is 5.91 Å². The van der Waals surface area contributed by atoms with Gasteiger partial charge in [0.1, 0.15) is 6.10 Å². The molecule has 19 heavy (non-hydrogen) atoms. The smallest absolute Gasteiger partial charge is 0.250 e. The monoisotopic (exact) mass is 264 g/mol. The SMILES string of the molecule is COC(CN)C(=O)NC(C)(C)CCc1ccccc1. The largest absolute Gasteiger partial charge is 0.370 e. The molecular weight excluding hydrogens is 240 g/mol. The zero-order chi connectivity index (χ0) is 14.3. The van der Waals surface area contributed by atoms with Gasteiger partial charge in [0.2, 0.25) is 0 Å². The van der Waals surface area contributed by atoms with Gasteiger partial charge in [0, 0.05) is 19.2 Å². The lowest BCUT2D eigenvalue weighted by molar-refractivity contribution is -0.132. The van der Waals surface area contributed by atoms with Crippen molar-refractivity contribution in [2.24, 2.45) is 5.73 Å². The summed E-state index contributed by atoms with van der Waals surface area (Å²) in [6, 6.07) is 10.2. The summed E-state index contributed by atoms with van der Waals surface area (Å²) in [6.07, 6.45) is 1.22. The van der Waals surface area contributed by atoms with Crippen LogP contribution >= 0.6 is 0 Å². The maximum atomic E-state index is 11.9. The molecule has 1 amide bonds. The van der Waals surface area contributed by atoms with Gasteiger partial charge >= 0.3 is 0 Å². The Hall–Kier alpha value is -1.39. The first-order valence-electron chi connectivity index (χ1n) is 6.57. The van der Waals surface area contributed by atoms with E-state index in [4.69, 9.17) is 10.5 Å². The van der Waals surface area contributed by atoms with Crippen LogP contribution in [0.3, 0.4) is 0 Å². The van der Waals surface area contributed by atoms with Crippen LogP contribution in [0.5, 0.6) is 0 Å². The third-order valence-electron chi connectivity index (χ3n) is 3.13. The molecule has 0 aliphatic carbocycles. The lowest BCUT2D eigenvalue weighted by atomic mass is 9.95. The molecule has 0 bridgehead atoms. The number of hydrogen-bond donors (Lipinski definition) is 2. The van der Waals surface area contributed by atoms with E-state index in [-0.39, 0.29) is 18.0 Å². The molecule has 0 saturated carbocycles. The van der Waals surface area contributed by atoms with Crippen LogP contribution in [0.15, 0.2) is 30.3 Å². The van der Waals surface area contributed by atoms with Crippen LogP contribution in [-0.4, -0.2) is 31.2 Å². The van der Waals surface area contributed by atoms with Crippen molar-refractivity contribution >= 4 is 5.91 Å². The van der Waals surface area contributed by atoms with E-state index in [0.717, 1.165) is 12.8 Å². The summed E-state index contributed by atoms with van der Waals surface area (Å²) >= 11 is 0. The number of amides is 1. The number of carbonyl (C=O) groups excluding carboxylic acids is 1. The highest BCUT2D eigenvalue weighted by Crippen LogP contribution is 2.14. The average Bonchev–Trinajstić information content (AvgIpc) is 2.38. The second kappa shape index (κ2) is 7.26. The molecule has 106 valence electrons. The van der Waals surface area contributed by atoms with Crippen molar-refractivity contribution in [1.82, 2.24) is 5.32 Å². The molecule has 0 radical (unpaired) electrons. The fraction of sp³-hybridized carbons (Fsp3) is 0.533. The summed E-state index contributed by atoms with van der Waals surface area (Å²) in [6.45, 7) is 4.21. The minimum Gasteiger partial charge on any atom is -0.370 e. The Kier molecular flexibility index (Phi) is 5.99. The van der Waals surface area contributed by atoms with Crippen molar-refractivity contribution in [3.63, 3.8) is 0 Å². The normalized spacial score (nSPS) is 13.1. The van der Waals surface area contributed by atoms with Crippen LogP contribution in [-0.2, 0) is 16.0 Å². The zero-order valence-electron chi connectivity index (χ0n) is 12.0. The Morgan fingerprint density at radius 1 is 1.37 bits per heavy atom. The molecule has 3 N–H and O–H groups in total. The van der Waals surface area contributed by atoms with E-state index in [2.05, 4.69) is 17.4 Å². The summed E-state index contributed by atoms with van der Waals surface area (Å²) < 4.78 is 5.03. The number of nitrogens with two attached hydrogens (primary N) is 1. The van der Waals surface area contributed by atoms with Crippen LogP contribution in [0.2, 0.25) is 0 Å². The van der Waals surface area contributed by atoms with Crippen LogP contribution in [0.1, 0.15) is 25.8 Å². The molecule has 4 nitrogen and oxygen atoms in total. The summed E-state index contributed by atoms with van der Waals surface area (Å²) in [4.78, 5) is 11.9. The molecular formula is C15H24N2O2.